The molecule has 0 amide bonds. The summed E-state index contributed by atoms with van der Waals surface area (Å²) in [6, 6.07) is 12.3. The Balaban J connectivity index is 2.28. The van der Waals surface area contributed by atoms with Crippen LogP contribution in [0.15, 0.2) is 49.0 Å². The lowest BCUT2D eigenvalue weighted by Crippen LogP contribution is -2.16. The molecule has 0 aliphatic heterocycles. The van der Waals surface area contributed by atoms with E-state index >= 15 is 0 Å². The van der Waals surface area contributed by atoms with E-state index in [2.05, 4.69) is 6.58 Å². The minimum absolute atomic E-state index is 0.0954. The first kappa shape index (κ1) is 17.0. The molecule has 0 atom stereocenters. The summed E-state index contributed by atoms with van der Waals surface area (Å²) < 4.78 is 34.2. The summed E-state index contributed by atoms with van der Waals surface area (Å²) in [5.41, 5.74) is 0.372. The molecule has 0 aliphatic carbocycles. The Bertz CT molecular complexity index is 764. The number of nitriles is 1. The second kappa shape index (κ2) is 6.80. The van der Waals surface area contributed by atoms with Gasteiger partial charge in [-0.05, 0) is 41.5 Å². The third kappa shape index (κ3) is 3.88. The Morgan fingerprint density at radius 2 is 1.91 bits per heavy atom. The van der Waals surface area contributed by atoms with Crippen molar-refractivity contribution in [3.8, 4) is 11.8 Å². The molecule has 2 aromatic carbocycles. The van der Waals surface area contributed by atoms with Gasteiger partial charge in [-0.1, -0.05) is 30.3 Å². The first-order chi connectivity index (χ1) is 10.9. The van der Waals surface area contributed by atoms with E-state index < -0.39 is 12.3 Å². The summed E-state index contributed by atoms with van der Waals surface area (Å²) in [5, 5.41) is 9.18. The van der Waals surface area contributed by atoms with E-state index in [1.54, 1.807) is 30.3 Å². The molecule has 0 N–H and O–H groups in total. The summed E-state index contributed by atoms with van der Waals surface area (Å²) in [4.78, 5) is 0. The van der Waals surface area contributed by atoms with Gasteiger partial charge < -0.3 is 4.74 Å². The van der Waals surface area contributed by atoms with E-state index in [1.807, 2.05) is 0 Å². The van der Waals surface area contributed by atoms with Crippen LogP contribution in [0.1, 0.15) is 23.1 Å². The average molecular weight is 334 g/mol. The van der Waals surface area contributed by atoms with Gasteiger partial charge in [0, 0.05) is 17.0 Å². The van der Waals surface area contributed by atoms with E-state index in [-0.39, 0.29) is 21.7 Å². The van der Waals surface area contributed by atoms with Gasteiger partial charge in [0.05, 0.1) is 18.7 Å². The maximum absolute atomic E-state index is 14.6. The number of rotatable bonds is 5. The predicted molar refractivity (Wildman–Crippen MR) is 86.7 cm³/mol. The van der Waals surface area contributed by atoms with Crippen LogP contribution in [0.3, 0.4) is 0 Å². The smallest absolute Gasteiger partial charge is 0.278 e. The van der Waals surface area contributed by atoms with Crippen molar-refractivity contribution in [3.63, 3.8) is 0 Å². The first-order valence-electron chi connectivity index (χ1n) is 6.77. The van der Waals surface area contributed by atoms with Gasteiger partial charge in [0.2, 0.25) is 0 Å². The lowest BCUT2D eigenvalue weighted by atomic mass is 9.94. The van der Waals surface area contributed by atoms with Crippen molar-refractivity contribution in [3.05, 3.63) is 70.8 Å². The van der Waals surface area contributed by atoms with Gasteiger partial charge in [-0.25, -0.2) is 8.78 Å². The van der Waals surface area contributed by atoms with Crippen LogP contribution >= 0.6 is 11.6 Å². The molecule has 0 spiro atoms. The van der Waals surface area contributed by atoms with Gasteiger partial charge in [0.25, 0.3) is 5.92 Å². The standard InChI is InChI=1S/C18H14ClF2NO/c1-12(13-4-7-16(23-2)8-5-13)10-18(20,21)17-9-15(19)6-3-14(17)11-22/h3-9H,1,10H2,2H3. The Morgan fingerprint density at radius 3 is 2.48 bits per heavy atom. The molecular formula is C18H14ClF2NO. The highest BCUT2D eigenvalue weighted by molar-refractivity contribution is 6.30. The lowest BCUT2D eigenvalue weighted by Gasteiger charge is -2.20. The summed E-state index contributed by atoms with van der Waals surface area (Å²) in [5.74, 6) is -2.61. The fraction of sp³-hybridized carbons (Fsp3) is 0.167. The zero-order chi connectivity index (χ0) is 17.0. The molecule has 23 heavy (non-hydrogen) atoms. The van der Waals surface area contributed by atoms with Crippen molar-refractivity contribution in [1.82, 2.24) is 0 Å². The van der Waals surface area contributed by atoms with E-state index in [0.29, 0.717) is 11.3 Å². The third-order valence-corrected chi connectivity index (χ3v) is 3.66. The third-order valence-electron chi connectivity index (χ3n) is 3.43. The maximum Gasteiger partial charge on any atom is 0.278 e. The van der Waals surface area contributed by atoms with Gasteiger partial charge in [-0.2, -0.15) is 5.26 Å². The second-order valence-corrected chi connectivity index (χ2v) is 5.45. The monoisotopic (exact) mass is 333 g/mol. The molecule has 0 aliphatic rings. The van der Waals surface area contributed by atoms with Crippen LogP contribution in [-0.2, 0) is 5.92 Å². The number of ether oxygens (including phenoxy) is 1. The van der Waals surface area contributed by atoms with Crippen molar-refractivity contribution in [1.29, 1.82) is 5.26 Å². The summed E-state index contributed by atoms with van der Waals surface area (Å²) in [6.07, 6.45) is -0.603. The van der Waals surface area contributed by atoms with Crippen molar-refractivity contribution in [2.45, 2.75) is 12.3 Å². The number of halogens is 3. The van der Waals surface area contributed by atoms with Crippen LogP contribution < -0.4 is 4.74 Å². The second-order valence-electron chi connectivity index (χ2n) is 5.01. The molecule has 0 bridgehead atoms. The zero-order valence-corrected chi connectivity index (χ0v) is 13.2. The molecule has 0 aromatic heterocycles. The molecule has 0 unspecified atom stereocenters. The Labute approximate surface area is 138 Å². The van der Waals surface area contributed by atoms with Crippen molar-refractivity contribution in [2.24, 2.45) is 0 Å². The van der Waals surface area contributed by atoms with Crippen LogP contribution in [0.4, 0.5) is 8.78 Å². The molecule has 2 aromatic rings. The van der Waals surface area contributed by atoms with Gasteiger partial charge in [-0.3, -0.25) is 0 Å². The zero-order valence-electron chi connectivity index (χ0n) is 12.4. The van der Waals surface area contributed by atoms with Crippen LogP contribution in [0.2, 0.25) is 5.02 Å². The van der Waals surface area contributed by atoms with Crippen molar-refractivity contribution < 1.29 is 13.5 Å². The number of hydrogen-bond acceptors (Lipinski definition) is 2. The van der Waals surface area contributed by atoms with E-state index in [0.717, 1.165) is 6.07 Å². The normalized spacial score (nSPS) is 10.9. The highest BCUT2D eigenvalue weighted by Crippen LogP contribution is 2.39. The highest BCUT2D eigenvalue weighted by atomic mass is 35.5. The van der Waals surface area contributed by atoms with Gasteiger partial charge in [0.15, 0.2) is 0 Å². The Kier molecular flexibility index (Phi) is 5.02. The van der Waals surface area contributed by atoms with Crippen LogP contribution in [0, 0.1) is 11.3 Å². The molecular weight excluding hydrogens is 320 g/mol. The number of hydrogen-bond donors (Lipinski definition) is 0. The van der Waals surface area contributed by atoms with Crippen molar-refractivity contribution in [2.75, 3.05) is 7.11 Å². The topological polar surface area (TPSA) is 33.0 Å². The molecule has 0 saturated carbocycles. The highest BCUT2D eigenvalue weighted by Gasteiger charge is 2.35. The van der Waals surface area contributed by atoms with Crippen LogP contribution in [0.25, 0.3) is 5.57 Å². The fourth-order valence-corrected chi connectivity index (χ4v) is 2.38. The van der Waals surface area contributed by atoms with Gasteiger partial charge in [-0.15, -0.1) is 0 Å². The molecule has 0 fully saturated rings. The average Bonchev–Trinajstić information content (AvgIpc) is 2.54. The molecule has 2 nitrogen and oxygen atoms in total. The Morgan fingerprint density at radius 1 is 1.26 bits per heavy atom. The van der Waals surface area contributed by atoms with E-state index in [9.17, 15) is 8.78 Å². The fourth-order valence-electron chi connectivity index (χ4n) is 2.21. The quantitative estimate of drug-likeness (QED) is 0.732. The van der Waals surface area contributed by atoms with E-state index in [1.165, 1.54) is 19.2 Å². The molecule has 0 saturated heterocycles. The number of nitrogens with zero attached hydrogens (tertiary/aromatic N) is 1. The van der Waals surface area contributed by atoms with Gasteiger partial charge in [0.1, 0.15) is 5.75 Å². The minimum Gasteiger partial charge on any atom is -0.497 e. The largest absolute Gasteiger partial charge is 0.497 e. The Hall–Kier alpha value is -2.38. The lowest BCUT2D eigenvalue weighted by molar-refractivity contribution is 0.00138. The minimum atomic E-state index is -3.24. The van der Waals surface area contributed by atoms with Crippen LogP contribution in [-0.4, -0.2) is 7.11 Å². The predicted octanol–water partition coefficient (Wildman–Crippen LogP) is 5.42. The molecule has 5 heteroatoms. The first-order valence-corrected chi connectivity index (χ1v) is 7.15. The number of methoxy groups -OCH3 is 1. The number of benzene rings is 2. The maximum atomic E-state index is 14.6. The molecule has 0 radical (unpaired) electrons. The van der Waals surface area contributed by atoms with Crippen LogP contribution in [0.5, 0.6) is 5.75 Å². The molecule has 118 valence electrons. The number of allylic oxidation sites excluding steroid dienone is 1. The summed E-state index contributed by atoms with van der Waals surface area (Å²) in [7, 11) is 1.53. The molecule has 0 heterocycles. The SMILES string of the molecule is C=C(CC(F)(F)c1cc(Cl)ccc1C#N)c1ccc(OC)cc1. The van der Waals surface area contributed by atoms with Gasteiger partial charge >= 0.3 is 0 Å². The molecule has 2 rings (SSSR count). The summed E-state index contributed by atoms with van der Waals surface area (Å²) >= 11 is 5.79. The summed E-state index contributed by atoms with van der Waals surface area (Å²) in [6.45, 7) is 3.73. The number of alkyl halides is 2. The van der Waals surface area contributed by atoms with E-state index in [4.69, 9.17) is 21.6 Å². The van der Waals surface area contributed by atoms with Crippen molar-refractivity contribution >= 4 is 17.2 Å².